The third-order valence-corrected chi connectivity index (χ3v) is 8.26. The Kier molecular flexibility index (Phi) is 5.68. The summed E-state index contributed by atoms with van der Waals surface area (Å²) >= 11 is 0. The largest absolute Gasteiger partial charge is 0.309 e. The highest BCUT2D eigenvalue weighted by Gasteiger charge is 2.15. The van der Waals surface area contributed by atoms with Gasteiger partial charge in [0.25, 0.3) is 0 Å². The van der Waals surface area contributed by atoms with E-state index in [1.54, 1.807) is 0 Å². The van der Waals surface area contributed by atoms with Crippen LogP contribution >= 0.6 is 0 Å². The second-order valence-corrected chi connectivity index (χ2v) is 10.9. The number of hydrogen-bond acceptors (Lipinski definition) is 0. The number of benzene rings is 6. The normalized spacial score (nSPS) is 11.9. The van der Waals surface area contributed by atoms with E-state index in [4.69, 9.17) is 0 Å². The Bertz CT molecular complexity index is 2100. The van der Waals surface area contributed by atoms with Gasteiger partial charge >= 0.3 is 0 Å². The molecule has 1 nitrogen and oxygen atoms in total. The summed E-state index contributed by atoms with van der Waals surface area (Å²) in [5.74, 6) is 0. The van der Waals surface area contributed by atoms with Crippen LogP contribution in [0.3, 0.4) is 0 Å². The molecule has 0 fully saturated rings. The van der Waals surface area contributed by atoms with Crippen molar-refractivity contribution < 1.29 is 0 Å². The second kappa shape index (κ2) is 9.39. The van der Waals surface area contributed by atoms with Crippen LogP contribution in [0, 0.1) is 20.8 Å². The molecule has 192 valence electrons. The number of aromatic nitrogens is 1. The van der Waals surface area contributed by atoms with Crippen LogP contribution < -0.4 is 0 Å². The number of para-hydroxylation sites is 3. The molecule has 0 amide bonds. The average molecular weight is 514 g/mol. The first-order chi connectivity index (χ1) is 19.5. The van der Waals surface area contributed by atoms with Crippen molar-refractivity contribution in [2.45, 2.75) is 20.8 Å². The molecule has 0 saturated heterocycles. The molecule has 0 aliphatic carbocycles. The Balaban J connectivity index is 1.40. The van der Waals surface area contributed by atoms with Crippen LogP contribution in [0.4, 0.5) is 0 Å². The first kappa shape index (κ1) is 24.2. The van der Waals surface area contributed by atoms with Crippen LogP contribution in [0.25, 0.3) is 60.7 Å². The Hall–Kier alpha value is -4.88. The number of fused-ring (bicyclic) bond motifs is 6. The van der Waals surface area contributed by atoms with Crippen molar-refractivity contribution >= 4 is 55.0 Å². The van der Waals surface area contributed by atoms with Gasteiger partial charge in [0, 0.05) is 16.3 Å². The fourth-order valence-corrected chi connectivity index (χ4v) is 6.28. The Morgan fingerprint density at radius 1 is 0.575 bits per heavy atom. The molecule has 7 aromatic rings. The molecule has 0 atom stereocenters. The van der Waals surface area contributed by atoms with E-state index < -0.39 is 0 Å². The van der Waals surface area contributed by atoms with Crippen molar-refractivity contribution in [2.24, 2.45) is 0 Å². The molecule has 0 aliphatic rings. The highest BCUT2D eigenvalue weighted by molar-refractivity contribution is 6.13. The van der Waals surface area contributed by atoms with Gasteiger partial charge in [-0.1, -0.05) is 121 Å². The fourth-order valence-electron chi connectivity index (χ4n) is 6.28. The lowest BCUT2D eigenvalue weighted by Gasteiger charge is -2.15. The van der Waals surface area contributed by atoms with Crippen molar-refractivity contribution in [2.75, 3.05) is 0 Å². The number of nitrogens with zero attached hydrogens (tertiary/aromatic N) is 1. The standard InChI is InChI=1S/C39H31N/c1-25-17-20-31-32-21-18-26(2)24-36(32)30(28(4)35(31)23-25)22-19-27(3)29-11-5-8-14-37(29)40-38-15-9-6-12-33(38)34-13-7-10-16-39(34)40/h5-24H,3H2,1-2,4H3/b22-19-. The molecule has 40 heavy (non-hydrogen) atoms. The van der Waals surface area contributed by atoms with E-state index in [9.17, 15) is 0 Å². The van der Waals surface area contributed by atoms with E-state index in [0.717, 1.165) is 16.8 Å². The summed E-state index contributed by atoms with van der Waals surface area (Å²) in [5.41, 5.74) is 10.8. The van der Waals surface area contributed by atoms with Gasteiger partial charge in [-0.05, 0) is 77.2 Å². The summed E-state index contributed by atoms with van der Waals surface area (Å²) in [6.45, 7) is 11.2. The summed E-state index contributed by atoms with van der Waals surface area (Å²) in [6, 6.07) is 39.5. The summed E-state index contributed by atoms with van der Waals surface area (Å²) in [7, 11) is 0. The van der Waals surface area contributed by atoms with Crippen LogP contribution in [0.5, 0.6) is 0 Å². The van der Waals surface area contributed by atoms with Crippen molar-refractivity contribution in [1.82, 2.24) is 4.57 Å². The van der Waals surface area contributed by atoms with Gasteiger partial charge in [-0.25, -0.2) is 0 Å². The molecule has 0 saturated carbocycles. The van der Waals surface area contributed by atoms with E-state index in [2.05, 4.69) is 153 Å². The molecular formula is C39H31N. The summed E-state index contributed by atoms with van der Waals surface area (Å²) in [5, 5.41) is 7.73. The van der Waals surface area contributed by atoms with E-state index in [1.807, 2.05) is 0 Å². The zero-order chi connectivity index (χ0) is 27.4. The number of allylic oxidation sites excluding steroid dienone is 2. The molecule has 0 N–H and O–H groups in total. The van der Waals surface area contributed by atoms with Gasteiger partial charge in [-0.15, -0.1) is 0 Å². The Morgan fingerprint density at radius 2 is 1.12 bits per heavy atom. The Labute approximate surface area is 235 Å². The molecule has 0 spiro atoms. The maximum atomic E-state index is 4.57. The molecular weight excluding hydrogens is 482 g/mol. The van der Waals surface area contributed by atoms with Gasteiger partial charge in [0.1, 0.15) is 0 Å². The summed E-state index contributed by atoms with van der Waals surface area (Å²) in [6.07, 6.45) is 4.46. The molecule has 0 unspecified atom stereocenters. The number of rotatable bonds is 4. The minimum Gasteiger partial charge on any atom is -0.309 e. The molecule has 0 bridgehead atoms. The summed E-state index contributed by atoms with van der Waals surface area (Å²) < 4.78 is 2.38. The maximum Gasteiger partial charge on any atom is 0.0541 e. The molecule has 6 aromatic carbocycles. The minimum absolute atomic E-state index is 0.988. The van der Waals surface area contributed by atoms with Gasteiger partial charge in [-0.3, -0.25) is 0 Å². The molecule has 0 radical (unpaired) electrons. The van der Waals surface area contributed by atoms with Crippen LogP contribution in [0.2, 0.25) is 0 Å². The summed E-state index contributed by atoms with van der Waals surface area (Å²) in [4.78, 5) is 0. The van der Waals surface area contributed by atoms with Gasteiger partial charge in [0.05, 0.1) is 16.7 Å². The van der Waals surface area contributed by atoms with Gasteiger partial charge in [0.15, 0.2) is 0 Å². The topological polar surface area (TPSA) is 4.93 Å². The number of hydrogen-bond donors (Lipinski definition) is 0. The van der Waals surface area contributed by atoms with Crippen molar-refractivity contribution in [3.05, 3.63) is 150 Å². The maximum absolute atomic E-state index is 4.57. The SMILES string of the molecule is C=C(/C=C\c1c(C)c2cc(C)ccc2c2ccc(C)cc12)c1ccccc1-n1c2ccccc2c2ccccc21. The van der Waals surface area contributed by atoms with E-state index >= 15 is 0 Å². The first-order valence-electron chi connectivity index (χ1n) is 13.9. The van der Waals surface area contributed by atoms with E-state index in [0.29, 0.717) is 0 Å². The van der Waals surface area contributed by atoms with Crippen LogP contribution in [0.1, 0.15) is 27.8 Å². The minimum atomic E-state index is 0.988. The molecule has 0 aliphatic heterocycles. The van der Waals surface area contributed by atoms with E-state index in [-0.39, 0.29) is 0 Å². The zero-order valence-electron chi connectivity index (χ0n) is 23.2. The quantitative estimate of drug-likeness (QED) is 0.163. The molecule has 1 aromatic heterocycles. The molecule has 1 heterocycles. The molecule has 7 rings (SSSR count). The van der Waals surface area contributed by atoms with Crippen LogP contribution in [-0.4, -0.2) is 4.57 Å². The van der Waals surface area contributed by atoms with Gasteiger partial charge in [-0.2, -0.15) is 0 Å². The van der Waals surface area contributed by atoms with Crippen molar-refractivity contribution in [1.29, 1.82) is 0 Å². The van der Waals surface area contributed by atoms with Crippen LogP contribution in [0.15, 0.2) is 122 Å². The smallest absolute Gasteiger partial charge is 0.0541 e. The van der Waals surface area contributed by atoms with Gasteiger partial charge in [0.2, 0.25) is 0 Å². The highest BCUT2D eigenvalue weighted by Crippen LogP contribution is 2.37. The lowest BCUT2D eigenvalue weighted by atomic mass is 9.90. The zero-order valence-corrected chi connectivity index (χ0v) is 23.2. The van der Waals surface area contributed by atoms with E-state index in [1.165, 1.54) is 65.6 Å². The predicted molar refractivity (Wildman–Crippen MR) is 175 cm³/mol. The monoisotopic (exact) mass is 513 g/mol. The lowest BCUT2D eigenvalue weighted by molar-refractivity contribution is 1.17. The van der Waals surface area contributed by atoms with Crippen molar-refractivity contribution in [3.8, 4) is 5.69 Å². The predicted octanol–water partition coefficient (Wildman–Crippen LogP) is 10.7. The third kappa shape index (κ3) is 3.78. The van der Waals surface area contributed by atoms with Crippen LogP contribution in [-0.2, 0) is 0 Å². The van der Waals surface area contributed by atoms with Gasteiger partial charge < -0.3 is 4.57 Å². The number of aryl methyl sites for hydroxylation is 3. The molecule has 1 heteroatoms. The first-order valence-corrected chi connectivity index (χ1v) is 13.9. The Morgan fingerprint density at radius 3 is 1.80 bits per heavy atom. The second-order valence-electron chi connectivity index (χ2n) is 10.9. The highest BCUT2D eigenvalue weighted by atomic mass is 15.0. The van der Waals surface area contributed by atoms with Crippen molar-refractivity contribution in [3.63, 3.8) is 0 Å². The lowest BCUT2D eigenvalue weighted by Crippen LogP contribution is -1.98. The average Bonchev–Trinajstić information content (AvgIpc) is 3.31. The third-order valence-electron chi connectivity index (χ3n) is 8.26. The fraction of sp³-hybridized carbons (Fsp3) is 0.0769.